The smallest absolute Gasteiger partial charge is 0.133 e. The average molecular weight is 205 g/mol. The molecule has 0 aromatic carbocycles. The van der Waals surface area contributed by atoms with Gasteiger partial charge >= 0.3 is 0 Å². The van der Waals surface area contributed by atoms with Gasteiger partial charge in [-0.3, -0.25) is 0 Å². The minimum atomic E-state index is 0.395. The van der Waals surface area contributed by atoms with Gasteiger partial charge in [0.25, 0.3) is 0 Å². The van der Waals surface area contributed by atoms with E-state index in [0.717, 1.165) is 29.8 Å². The SMILES string of the molecule is Cc1cc(NCC2CC2)nc(C(C)C)n1. The largest absolute Gasteiger partial charge is 0.370 e. The van der Waals surface area contributed by atoms with Gasteiger partial charge in [-0.25, -0.2) is 9.97 Å². The number of hydrogen-bond donors (Lipinski definition) is 1. The molecule has 0 amide bonds. The summed E-state index contributed by atoms with van der Waals surface area (Å²) in [6.07, 6.45) is 2.74. The molecular formula is C12H19N3. The zero-order valence-electron chi connectivity index (χ0n) is 9.75. The van der Waals surface area contributed by atoms with E-state index >= 15 is 0 Å². The van der Waals surface area contributed by atoms with E-state index in [4.69, 9.17) is 0 Å². The fourth-order valence-corrected chi connectivity index (χ4v) is 1.51. The number of nitrogens with zero attached hydrogens (tertiary/aromatic N) is 2. The Morgan fingerprint density at radius 1 is 1.40 bits per heavy atom. The summed E-state index contributed by atoms with van der Waals surface area (Å²) in [7, 11) is 0. The van der Waals surface area contributed by atoms with E-state index in [2.05, 4.69) is 29.1 Å². The molecule has 15 heavy (non-hydrogen) atoms. The molecule has 3 nitrogen and oxygen atoms in total. The van der Waals surface area contributed by atoms with Crippen LogP contribution in [-0.2, 0) is 0 Å². The van der Waals surface area contributed by atoms with E-state index in [1.54, 1.807) is 0 Å². The molecule has 1 aromatic heterocycles. The van der Waals surface area contributed by atoms with Crippen molar-refractivity contribution in [1.29, 1.82) is 0 Å². The van der Waals surface area contributed by atoms with E-state index in [0.29, 0.717) is 5.92 Å². The monoisotopic (exact) mass is 205 g/mol. The van der Waals surface area contributed by atoms with Crippen LogP contribution < -0.4 is 5.32 Å². The molecule has 0 atom stereocenters. The molecule has 1 N–H and O–H groups in total. The molecular weight excluding hydrogens is 186 g/mol. The molecule has 1 aliphatic carbocycles. The van der Waals surface area contributed by atoms with Crippen molar-refractivity contribution in [3.8, 4) is 0 Å². The van der Waals surface area contributed by atoms with Crippen molar-refractivity contribution in [3.63, 3.8) is 0 Å². The van der Waals surface area contributed by atoms with Gasteiger partial charge in [0.05, 0.1) is 0 Å². The molecule has 1 aromatic rings. The second kappa shape index (κ2) is 4.17. The number of hydrogen-bond acceptors (Lipinski definition) is 3. The minimum absolute atomic E-state index is 0.395. The highest BCUT2D eigenvalue weighted by atomic mass is 15.0. The Bertz CT molecular complexity index is 343. The van der Waals surface area contributed by atoms with Crippen molar-refractivity contribution < 1.29 is 0 Å². The molecule has 1 heterocycles. The Balaban J connectivity index is 2.07. The van der Waals surface area contributed by atoms with E-state index in [1.165, 1.54) is 12.8 Å². The number of rotatable bonds is 4. The summed E-state index contributed by atoms with van der Waals surface area (Å²) in [4.78, 5) is 8.94. The normalized spacial score (nSPS) is 15.7. The lowest BCUT2D eigenvalue weighted by atomic mass is 10.2. The maximum Gasteiger partial charge on any atom is 0.133 e. The summed E-state index contributed by atoms with van der Waals surface area (Å²) in [5.41, 5.74) is 1.05. The first kappa shape index (κ1) is 10.4. The van der Waals surface area contributed by atoms with Gasteiger partial charge in [0.2, 0.25) is 0 Å². The van der Waals surface area contributed by atoms with Gasteiger partial charge in [-0.05, 0) is 25.7 Å². The Labute approximate surface area is 91.3 Å². The summed E-state index contributed by atoms with van der Waals surface area (Å²) in [6, 6.07) is 2.02. The van der Waals surface area contributed by atoms with E-state index < -0.39 is 0 Å². The van der Waals surface area contributed by atoms with E-state index in [-0.39, 0.29) is 0 Å². The number of nitrogens with one attached hydrogen (secondary N) is 1. The van der Waals surface area contributed by atoms with Gasteiger partial charge in [0.1, 0.15) is 11.6 Å². The fourth-order valence-electron chi connectivity index (χ4n) is 1.51. The predicted molar refractivity (Wildman–Crippen MR) is 62.1 cm³/mol. The summed E-state index contributed by atoms with van der Waals surface area (Å²) >= 11 is 0. The highest BCUT2D eigenvalue weighted by Crippen LogP contribution is 2.28. The number of aryl methyl sites for hydroxylation is 1. The standard InChI is InChI=1S/C12H19N3/c1-8(2)12-14-9(3)6-11(15-12)13-7-10-4-5-10/h6,8,10H,4-5,7H2,1-3H3,(H,13,14,15). The van der Waals surface area contributed by atoms with Crippen LogP contribution in [0.25, 0.3) is 0 Å². The van der Waals surface area contributed by atoms with E-state index in [1.807, 2.05) is 13.0 Å². The lowest BCUT2D eigenvalue weighted by molar-refractivity contribution is 0.764. The van der Waals surface area contributed by atoms with Crippen LogP contribution in [0.5, 0.6) is 0 Å². The quantitative estimate of drug-likeness (QED) is 0.821. The molecule has 3 heteroatoms. The Hall–Kier alpha value is -1.12. The van der Waals surface area contributed by atoms with Crippen LogP contribution in [0.4, 0.5) is 5.82 Å². The minimum Gasteiger partial charge on any atom is -0.370 e. The van der Waals surface area contributed by atoms with Crippen LogP contribution in [0.3, 0.4) is 0 Å². The van der Waals surface area contributed by atoms with Crippen LogP contribution in [0.2, 0.25) is 0 Å². The highest BCUT2D eigenvalue weighted by Gasteiger charge is 2.20. The molecule has 0 radical (unpaired) electrons. The second-order valence-electron chi connectivity index (χ2n) is 4.73. The molecule has 0 aliphatic heterocycles. The second-order valence-corrected chi connectivity index (χ2v) is 4.73. The third kappa shape index (κ3) is 2.91. The molecule has 1 fully saturated rings. The molecule has 82 valence electrons. The first-order chi connectivity index (χ1) is 7.15. The molecule has 2 rings (SSSR count). The van der Waals surface area contributed by atoms with Gasteiger partial charge in [0.15, 0.2) is 0 Å². The van der Waals surface area contributed by atoms with Gasteiger partial charge in [-0.1, -0.05) is 13.8 Å². The summed E-state index contributed by atoms with van der Waals surface area (Å²) in [5, 5.41) is 3.39. The zero-order chi connectivity index (χ0) is 10.8. The van der Waals surface area contributed by atoms with Gasteiger partial charge < -0.3 is 5.32 Å². The summed E-state index contributed by atoms with van der Waals surface area (Å²) < 4.78 is 0. The van der Waals surface area contributed by atoms with Crippen LogP contribution in [-0.4, -0.2) is 16.5 Å². The van der Waals surface area contributed by atoms with Crippen LogP contribution in [0, 0.1) is 12.8 Å². The van der Waals surface area contributed by atoms with Crippen molar-refractivity contribution >= 4 is 5.82 Å². The lowest BCUT2D eigenvalue weighted by Gasteiger charge is -2.09. The maximum atomic E-state index is 4.51. The van der Waals surface area contributed by atoms with Crippen LogP contribution >= 0.6 is 0 Å². The number of anilines is 1. The lowest BCUT2D eigenvalue weighted by Crippen LogP contribution is -2.08. The third-order valence-corrected chi connectivity index (χ3v) is 2.66. The fraction of sp³-hybridized carbons (Fsp3) is 0.667. The van der Waals surface area contributed by atoms with Crippen LogP contribution in [0.1, 0.15) is 44.1 Å². The maximum absolute atomic E-state index is 4.51. The Kier molecular flexibility index (Phi) is 2.89. The van der Waals surface area contributed by atoms with Crippen molar-refractivity contribution in [3.05, 3.63) is 17.6 Å². The summed E-state index contributed by atoms with van der Waals surface area (Å²) in [6.45, 7) is 7.34. The van der Waals surface area contributed by atoms with Crippen molar-refractivity contribution in [2.45, 2.75) is 39.5 Å². The highest BCUT2D eigenvalue weighted by molar-refractivity contribution is 5.36. The molecule has 0 spiro atoms. The van der Waals surface area contributed by atoms with Crippen molar-refractivity contribution in [1.82, 2.24) is 9.97 Å². The average Bonchev–Trinajstić information content (AvgIpc) is 2.97. The Morgan fingerprint density at radius 3 is 2.73 bits per heavy atom. The van der Waals surface area contributed by atoms with Crippen LogP contribution in [0.15, 0.2) is 6.07 Å². The zero-order valence-corrected chi connectivity index (χ0v) is 9.75. The summed E-state index contributed by atoms with van der Waals surface area (Å²) in [5.74, 6) is 3.19. The molecule has 1 saturated carbocycles. The van der Waals surface area contributed by atoms with Crippen molar-refractivity contribution in [2.24, 2.45) is 5.92 Å². The number of aromatic nitrogens is 2. The van der Waals surface area contributed by atoms with Crippen molar-refractivity contribution in [2.75, 3.05) is 11.9 Å². The molecule has 0 bridgehead atoms. The van der Waals surface area contributed by atoms with Gasteiger partial charge in [0, 0.05) is 24.2 Å². The molecule has 1 aliphatic rings. The third-order valence-electron chi connectivity index (χ3n) is 2.66. The van der Waals surface area contributed by atoms with Gasteiger partial charge in [-0.15, -0.1) is 0 Å². The van der Waals surface area contributed by atoms with E-state index in [9.17, 15) is 0 Å². The molecule has 0 saturated heterocycles. The predicted octanol–water partition coefficient (Wildman–Crippen LogP) is 2.73. The van der Waals surface area contributed by atoms with Gasteiger partial charge in [-0.2, -0.15) is 0 Å². The Morgan fingerprint density at radius 2 is 2.13 bits per heavy atom. The first-order valence-corrected chi connectivity index (χ1v) is 5.74. The first-order valence-electron chi connectivity index (χ1n) is 5.74. The topological polar surface area (TPSA) is 37.8 Å². The molecule has 0 unspecified atom stereocenters.